The van der Waals surface area contributed by atoms with Gasteiger partial charge in [-0.1, -0.05) is 24.3 Å². The maximum atomic E-state index is 11.5. The molecular formula is C16H17NO2. The van der Waals surface area contributed by atoms with Gasteiger partial charge in [0.25, 0.3) is 0 Å². The minimum absolute atomic E-state index is 0.0674. The summed E-state index contributed by atoms with van der Waals surface area (Å²) < 4.78 is 5.12. The third kappa shape index (κ3) is 3.35. The molecule has 2 aromatic rings. The molecule has 0 saturated carbocycles. The standard InChI is InChI=1S/C16H17NO2/c1-12(18)15-5-3-4-6-16(15)17-11-13-7-9-14(19-2)10-8-13/h3-10,17H,11H2,1-2H3. The summed E-state index contributed by atoms with van der Waals surface area (Å²) in [4.78, 5) is 11.5. The van der Waals surface area contributed by atoms with E-state index in [1.807, 2.05) is 48.5 Å². The fourth-order valence-electron chi connectivity index (χ4n) is 1.88. The zero-order valence-electron chi connectivity index (χ0n) is 11.1. The van der Waals surface area contributed by atoms with Crippen LogP contribution in [0.1, 0.15) is 22.8 Å². The molecular weight excluding hydrogens is 238 g/mol. The molecule has 0 amide bonds. The van der Waals surface area contributed by atoms with E-state index in [9.17, 15) is 4.79 Å². The van der Waals surface area contributed by atoms with Gasteiger partial charge >= 0.3 is 0 Å². The average molecular weight is 255 g/mol. The number of hydrogen-bond donors (Lipinski definition) is 1. The molecule has 0 aromatic heterocycles. The van der Waals surface area contributed by atoms with E-state index >= 15 is 0 Å². The Morgan fingerprint density at radius 3 is 2.42 bits per heavy atom. The Hall–Kier alpha value is -2.29. The molecule has 0 spiro atoms. The van der Waals surface area contributed by atoms with Crippen molar-refractivity contribution in [1.29, 1.82) is 0 Å². The Morgan fingerprint density at radius 1 is 1.11 bits per heavy atom. The fraction of sp³-hybridized carbons (Fsp3) is 0.188. The van der Waals surface area contributed by atoms with E-state index in [0.29, 0.717) is 6.54 Å². The van der Waals surface area contributed by atoms with Crippen LogP contribution in [-0.2, 0) is 6.54 Å². The number of anilines is 1. The van der Waals surface area contributed by atoms with Gasteiger partial charge < -0.3 is 10.1 Å². The smallest absolute Gasteiger partial charge is 0.161 e. The van der Waals surface area contributed by atoms with E-state index in [1.165, 1.54) is 0 Å². The zero-order valence-corrected chi connectivity index (χ0v) is 11.1. The monoisotopic (exact) mass is 255 g/mol. The Bertz CT molecular complexity index is 561. The minimum atomic E-state index is 0.0674. The molecule has 0 bridgehead atoms. The fourth-order valence-corrected chi connectivity index (χ4v) is 1.88. The summed E-state index contributed by atoms with van der Waals surface area (Å²) in [5, 5.41) is 3.29. The van der Waals surface area contributed by atoms with Crippen molar-refractivity contribution in [2.45, 2.75) is 13.5 Å². The summed E-state index contributed by atoms with van der Waals surface area (Å²) in [6.07, 6.45) is 0. The van der Waals surface area contributed by atoms with Crippen molar-refractivity contribution >= 4 is 11.5 Å². The predicted octanol–water partition coefficient (Wildman–Crippen LogP) is 3.51. The number of Topliss-reactive ketones (excluding diaryl/α,β-unsaturated/α-hetero) is 1. The Morgan fingerprint density at radius 2 is 1.79 bits per heavy atom. The predicted molar refractivity (Wildman–Crippen MR) is 76.8 cm³/mol. The van der Waals surface area contributed by atoms with Crippen LogP contribution in [0, 0.1) is 0 Å². The van der Waals surface area contributed by atoms with Crippen molar-refractivity contribution in [2.75, 3.05) is 12.4 Å². The van der Waals surface area contributed by atoms with Crippen LogP contribution in [0.25, 0.3) is 0 Å². The lowest BCUT2D eigenvalue weighted by molar-refractivity contribution is 0.101. The van der Waals surface area contributed by atoms with Gasteiger partial charge in [0.15, 0.2) is 5.78 Å². The Balaban J connectivity index is 2.07. The summed E-state index contributed by atoms with van der Waals surface area (Å²) in [5.41, 5.74) is 2.72. The van der Waals surface area contributed by atoms with Crippen molar-refractivity contribution in [2.24, 2.45) is 0 Å². The molecule has 2 rings (SSSR count). The topological polar surface area (TPSA) is 38.3 Å². The minimum Gasteiger partial charge on any atom is -0.497 e. The largest absolute Gasteiger partial charge is 0.497 e. The number of carbonyl (C=O) groups excluding carboxylic acids is 1. The first-order chi connectivity index (χ1) is 9.20. The van der Waals surface area contributed by atoms with Crippen LogP contribution in [0.4, 0.5) is 5.69 Å². The lowest BCUT2D eigenvalue weighted by Crippen LogP contribution is -2.04. The normalized spacial score (nSPS) is 10.0. The van der Waals surface area contributed by atoms with Gasteiger partial charge in [0.2, 0.25) is 0 Å². The number of nitrogens with one attached hydrogen (secondary N) is 1. The van der Waals surface area contributed by atoms with Crippen LogP contribution in [0.3, 0.4) is 0 Å². The van der Waals surface area contributed by atoms with Crippen LogP contribution in [0.15, 0.2) is 48.5 Å². The second-order valence-electron chi connectivity index (χ2n) is 4.30. The molecule has 0 saturated heterocycles. The second kappa shape index (κ2) is 6.05. The maximum Gasteiger partial charge on any atom is 0.161 e. The van der Waals surface area contributed by atoms with Gasteiger partial charge in [-0.2, -0.15) is 0 Å². The third-order valence-corrected chi connectivity index (χ3v) is 2.95. The summed E-state index contributed by atoms with van der Waals surface area (Å²) in [7, 11) is 1.65. The molecule has 0 fully saturated rings. The van der Waals surface area contributed by atoms with Crippen molar-refractivity contribution in [3.63, 3.8) is 0 Å². The van der Waals surface area contributed by atoms with E-state index in [4.69, 9.17) is 4.74 Å². The molecule has 0 aliphatic heterocycles. The first kappa shape index (κ1) is 13.1. The van der Waals surface area contributed by atoms with Crippen molar-refractivity contribution in [1.82, 2.24) is 0 Å². The molecule has 1 N–H and O–H groups in total. The molecule has 3 nitrogen and oxygen atoms in total. The molecule has 2 aromatic carbocycles. The quantitative estimate of drug-likeness (QED) is 0.831. The van der Waals surface area contributed by atoms with E-state index < -0.39 is 0 Å². The highest BCUT2D eigenvalue weighted by atomic mass is 16.5. The van der Waals surface area contributed by atoms with Gasteiger partial charge in [-0.25, -0.2) is 0 Å². The van der Waals surface area contributed by atoms with Crippen LogP contribution >= 0.6 is 0 Å². The van der Waals surface area contributed by atoms with Gasteiger partial charge in [0, 0.05) is 17.8 Å². The van der Waals surface area contributed by atoms with Gasteiger partial charge in [-0.3, -0.25) is 4.79 Å². The third-order valence-electron chi connectivity index (χ3n) is 2.95. The van der Waals surface area contributed by atoms with Crippen molar-refractivity contribution < 1.29 is 9.53 Å². The summed E-state index contributed by atoms with van der Waals surface area (Å²) in [5.74, 6) is 0.908. The van der Waals surface area contributed by atoms with Crippen molar-refractivity contribution in [3.8, 4) is 5.75 Å². The van der Waals surface area contributed by atoms with Gasteiger partial charge in [-0.05, 0) is 36.8 Å². The SMILES string of the molecule is COc1ccc(CNc2ccccc2C(C)=O)cc1. The first-order valence-corrected chi connectivity index (χ1v) is 6.17. The van der Waals surface area contributed by atoms with E-state index in [1.54, 1.807) is 14.0 Å². The molecule has 0 aliphatic carbocycles. The van der Waals surface area contributed by atoms with Gasteiger partial charge in [-0.15, -0.1) is 0 Å². The van der Waals surface area contributed by atoms with Crippen LogP contribution in [0.2, 0.25) is 0 Å². The number of carbonyl (C=O) groups is 1. The number of para-hydroxylation sites is 1. The molecule has 0 atom stereocenters. The summed E-state index contributed by atoms with van der Waals surface area (Å²) >= 11 is 0. The molecule has 0 radical (unpaired) electrons. The van der Waals surface area contributed by atoms with Crippen LogP contribution < -0.4 is 10.1 Å². The van der Waals surface area contributed by atoms with Crippen LogP contribution in [0.5, 0.6) is 5.75 Å². The molecule has 19 heavy (non-hydrogen) atoms. The number of benzene rings is 2. The Kier molecular flexibility index (Phi) is 4.18. The number of ketones is 1. The second-order valence-corrected chi connectivity index (χ2v) is 4.30. The highest BCUT2D eigenvalue weighted by molar-refractivity contribution is 5.99. The number of rotatable bonds is 5. The Labute approximate surface area is 113 Å². The maximum absolute atomic E-state index is 11.5. The molecule has 0 aliphatic rings. The highest BCUT2D eigenvalue weighted by Crippen LogP contribution is 2.17. The number of ether oxygens (including phenoxy) is 1. The molecule has 98 valence electrons. The number of methoxy groups -OCH3 is 1. The lowest BCUT2D eigenvalue weighted by Gasteiger charge is -2.10. The molecule has 0 heterocycles. The molecule has 0 unspecified atom stereocenters. The van der Waals surface area contributed by atoms with E-state index in [0.717, 1.165) is 22.6 Å². The van der Waals surface area contributed by atoms with E-state index in [2.05, 4.69) is 5.32 Å². The average Bonchev–Trinajstić information content (AvgIpc) is 2.46. The van der Waals surface area contributed by atoms with Gasteiger partial charge in [0.1, 0.15) is 5.75 Å². The highest BCUT2D eigenvalue weighted by Gasteiger charge is 2.05. The summed E-state index contributed by atoms with van der Waals surface area (Å²) in [6, 6.07) is 15.4. The summed E-state index contributed by atoms with van der Waals surface area (Å²) in [6.45, 7) is 2.25. The number of hydrogen-bond acceptors (Lipinski definition) is 3. The molecule has 3 heteroatoms. The lowest BCUT2D eigenvalue weighted by atomic mass is 10.1. The van der Waals surface area contributed by atoms with Gasteiger partial charge in [0.05, 0.1) is 7.11 Å². The zero-order chi connectivity index (χ0) is 13.7. The first-order valence-electron chi connectivity index (χ1n) is 6.17. The van der Waals surface area contributed by atoms with Crippen molar-refractivity contribution in [3.05, 3.63) is 59.7 Å². The van der Waals surface area contributed by atoms with Crippen LogP contribution in [-0.4, -0.2) is 12.9 Å². The van der Waals surface area contributed by atoms with E-state index in [-0.39, 0.29) is 5.78 Å².